The Morgan fingerprint density at radius 3 is 2.37 bits per heavy atom. The molecular weight excluding hydrogens is 372 g/mol. The summed E-state index contributed by atoms with van der Waals surface area (Å²) in [5.41, 5.74) is 4.55. The second kappa shape index (κ2) is 10.3. The second-order valence-electron chi connectivity index (χ2n) is 5.45. The summed E-state index contributed by atoms with van der Waals surface area (Å²) in [6, 6.07) is 13.6. The molecule has 0 aliphatic carbocycles. The van der Waals surface area contributed by atoms with E-state index < -0.39 is 17.9 Å². The van der Waals surface area contributed by atoms with Crippen LogP contribution >= 0.6 is 11.6 Å². The topological polar surface area (TPSA) is 85.9 Å². The second-order valence-corrected chi connectivity index (χ2v) is 5.88. The zero-order valence-corrected chi connectivity index (χ0v) is 15.8. The predicted octanol–water partition coefficient (Wildman–Crippen LogP) is 2.73. The fraction of sp³-hybridized carbons (Fsp3) is 0.263. The zero-order valence-electron chi connectivity index (χ0n) is 15.0. The van der Waals surface area contributed by atoms with Gasteiger partial charge in [0.2, 0.25) is 0 Å². The minimum Gasteiger partial charge on any atom is -0.494 e. The third-order valence-corrected chi connectivity index (χ3v) is 3.54. The van der Waals surface area contributed by atoms with Crippen molar-refractivity contribution in [3.8, 4) is 17.2 Å². The number of amides is 2. The molecule has 0 aliphatic rings. The van der Waals surface area contributed by atoms with Crippen molar-refractivity contribution in [3.05, 3.63) is 53.6 Å². The summed E-state index contributed by atoms with van der Waals surface area (Å²) >= 11 is 5.83. The lowest BCUT2D eigenvalue weighted by molar-refractivity contribution is -0.133. The Kier molecular flexibility index (Phi) is 7.76. The molecular formula is C19H21ClN2O5. The van der Waals surface area contributed by atoms with Crippen LogP contribution in [0.3, 0.4) is 0 Å². The molecule has 2 N–H and O–H groups in total. The summed E-state index contributed by atoms with van der Waals surface area (Å²) in [5.74, 6) is 0.665. The van der Waals surface area contributed by atoms with E-state index in [4.69, 9.17) is 25.8 Å². The molecule has 8 heteroatoms. The highest BCUT2D eigenvalue weighted by molar-refractivity contribution is 6.30. The molecule has 144 valence electrons. The molecule has 27 heavy (non-hydrogen) atoms. The van der Waals surface area contributed by atoms with Crippen LogP contribution in [0.25, 0.3) is 0 Å². The van der Waals surface area contributed by atoms with Crippen molar-refractivity contribution < 1.29 is 23.8 Å². The number of halogens is 1. The van der Waals surface area contributed by atoms with Crippen molar-refractivity contribution in [1.29, 1.82) is 0 Å². The maximum absolute atomic E-state index is 12.0. The van der Waals surface area contributed by atoms with E-state index >= 15 is 0 Å². The number of rotatable bonds is 8. The van der Waals surface area contributed by atoms with Crippen LogP contribution in [0.4, 0.5) is 0 Å². The summed E-state index contributed by atoms with van der Waals surface area (Å²) in [7, 11) is 0. The summed E-state index contributed by atoms with van der Waals surface area (Å²) in [6.45, 7) is 3.76. The first kappa shape index (κ1) is 20.4. The molecule has 0 unspecified atom stereocenters. The number of hydrazine groups is 1. The van der Waals surface area contributed by atoms with Gasteiger partial charge < -0.3 is 14.2 Å². The Morgan fingerprint density at radius 2 is 1.70 bits per heavy atom. The van der Waals surface area contributed by atoms with Crippen LogP contribution in [0.2, 0.25) is 5.02 Å². The number of carbonyl (C=O) groups is 2. The highest BCUT2D eigenvalue weighted by Gasteiger charge is 2.15. The third-order valence-electron chi connectivity index (χ3n) is 3.31. The average molecular weight is 393 g/mol. The van der Waals surface area contributed by atoms with E-state index in [0.29, 0.717) is 28.9 Å². The Balaban J connectivity index is 1.72. The highest BCUT2D eigenvalue weighted by Crippen LogP contribution is 2.19. The van der Waals surface area contributed by atoms with Crippen molar-refractivity contribution in [1.82, 2.24) is 10.9 Å². The first-order valence-corrected chi connectivity index (χ1v) is 8.72. The molecule has 0 saturated heterocycles. The standard InChI is InChI=1S/C19H21ClN2O5/c1-3-25-15-7-9-16(10-8-15)27-13(2)19(24)22-21-18(23)12-26-17-6-4-5-14(20)11-17/h4-11,13H,3,12H2,1-2H3,(H,21,23)(H,22,24)/t13-/m0/s1. The number of hydrogen-bond acceptors (Lipinski definition) is 5. The smallest absolute Gasteiger partial charge is 0.279 e. The molecule has 0 bridgehead atoms. The summed E-state index contributed by atoms with van der Waals surface area (Å²) < 4.78 is 16.1. The quantitative estimate of drug-likeness (QED) is 0.674. The third kappa shape index (κ3) is 7.07. The van der Waals surface area contributed by atoms with Crippen molar-refractivity contribution in [2.45, 2.75) is 20.0 Å². The van der Waals surface area contributed by atoms with Gasteiger partial charge in [0.15, 0.2) is 12.7 Å². The Labute approximate surface area is 162 Å². The molecule has 2 amide bonds. The van der Waals surface area contributed by atoms with Crippen LogP contribution in [-0.2, 0) is 9.59 Å². The van der Waals surface area contributed by atoms with E-state index in [-0.39, 0.29) is 6.61 Å². The minimum absolute atomic E-state index is 0.269. The molecule has 0 saturated carbocycles. The fourth-order valence-electron chi connectivity index (χ4n) is 2.01. The maximum atomic E-state index is 12.0. The number of ether oxygens (including phenoxy) is 3. The van der Waals surface area contributed by atoms with Crippen molar-refractivity contribution in [3.63, 3.8) is 0 Å². The first-order valence-electron chi connectivity index (χ1n) is 8.34. The average Bonchev–Trinajstić information content (AvgIpc) is 2.66. The van der Waals surface area contributed by atoms with Crippen LogP contribution < -0.4 is 25.1 Å². The Bertz CT molecular complexity index is 767. The minimum atomic E-state index is -0.808. The van der Waals surface area contributed by atoms with Crippen LogP contribution in [0, 0.1) is 0 Å². The maximum Gasteiger partial charge on any atom is 0.279 e. The van der Waals surface area contributed by atoms with Gasteiger partial charge in [-0.05, 0) is 56.3 Å². The Morgan fingerprint density at radius 1 is 1.00 bits per heavy atom. The molecule has 7 nitrogen and oxygen atoms in total. The number of hydrogen-bond donors (Lipinski definition) is 2. The normalized spacial score (nSPS) is 11.2. The molecule has 2 aromatic rings. The predicted molar refractivity (Wildman–Crippen MR) is 101 cm³/mol. The first-order chi connectivity index (χ1) is 13.0. The number of benzene rings is 2. The molecule has 2 rings (SSSR count). The van der Waals surface area contributed by atoms with Gasteiger partial charge in [-0.15, -0.1) is 0 Å². The summed E-state index contributed by atoms with van der Waals surface area (Å²) in [5, 5.41) is 0.501. The highest BCUT2D eigenvalue weighted by atomic mass is 35.5. The number of carbonyl (C=O) groups excluding carboxylic acids is 2. The zero-order chi connectivity index (χ0) is 19.6. The van der Waals surface area contributed by atoms with Crippen LogP contribution in [0.5, 0.6) is 17.2 Å². The van der Waals surface area contributed by atoms with Gasteiger partial charge in [-0.1, -0.05) is 17.7 Å². The van der Waals surface area contributed by atoms with Crippen LogP contribution in [0.1, 0.15) is 13.8 Å². The van der Waals surface area contributed by atoms with Gasteiger partial charge in [-0.2, -0.15) is 0 Å². The van der Waals surface area contributed by atoms with E-state index in [9.17, 15) is 9.59 Å². The molecule has 0 aliphatic heterocycles. The largest absolute Gasteiger partial charge is 0.494 e. The van der Waals surface area contributed by atoms with Gasteiger partial charge in [0, 0.05) is 5.02 Å². The lowest BCUT2D eigenvalue weighted by atomic mass is 10.3. The van der Waals surface area contributed by atoms with E-state index in [1.807, 2.05) is 6.92 Å². The van der Waals surface area contributed by atoms with E-state index in [1.54, 1.807) is 55.5 Å². The van der Waals surface area contributed by atoms with Gasteiger partial charge in [0.05, 0.1) is 6.61 Å². The fourth-order valence-corrected chi connectivity index (χ4v) is 2.19. The monoisotopic (exact) mass is 392 g/mol. The number of nitrogens with one attached hydrogen (secondary N) is 2. The molecule has 1 atom stereocenters. The van der Waals surface area contributed by atoms with Crippen molar-refractivity contribution >= 4 is 23.4 Å². The van der Waals surface area contributed by atoms with Crippen LogP contribution in [-0.4, -0.2) is 31.1 Å². The van der Waals surface area contributed by atoms with Crippen molar-refractivity contribution in [2.24, 2.45) is 0 Å². The van der Waals surface area contributed by atoms with Gasteiger partial charge in [0.1, 0.15) is 17.2 Å². The van der Waals surface area contributed by atoms with E-state index in [2.05, 4.69) is 10.9 Å². The van der Waals surface area contributed by atoms with Crippen LogP contribution in [0.15, 0.2) is 48.5 Å². The summed E-state index contributed by atoms with van der Waals surface area (Å²) in [6.07, 6.45) is -0.808. The lowest BCUT2D eigenvalue weighted by Crippen LogP contribution is -2.48. The molecule has 0 aromatic heterocycles. The van der Waals surface area contributed by atoms with Gasteiger partial charge in [-0.25, -0.2) is 0 Å². The molecule has 0 heterocycles. The molecule has 0 fully saturated rings. The Hall–Kier alpha value is -2.93. The van der Waals surface area contributed by atoms with Gasteiger partial charge in [0.25, 0.3) is 11.8 Å². The molecule has 0 spiro atoms. The SMILES string of the molecule is CCOc1ccc(O[C@@H](C)C(=O)NNC(=O)COc2cccc(Cl)c2)cc1. The molecule has 0 radical (unpaired) electrons. The summed E-state index contributed by atoms with van der Waals surface area (Å²) in [4.78, 5) is 23.8. The lowest BCUT2D eigenvalue weighted by Gasteiger charge is -2.15. The van der Waals surface area contributed by atoms with E-state index in [1.165, 1.54) is 0 Å². The molecule has 2 aromatic carbocycles. The van der Waals surface area contributed by atoms with Gasteiger partial charge in [-0.3, -0.25) is 20.4 Å². The van der Waals surface area contributed by atoms with Gasteiger partial charge >= 0.3 is 0 Å². The van der Waals surface area contributed by atoms with Crippen molar-refractivity contribution in [2.75, 3.05) is 13.2 Å². The van der Waals surface area contributed by atoms with E-state index in [0.717, 1.165) is 0 Å².